The van der Waals surface area contributed by atoms with E-state index in [0.717, 1.165) is 0 Å². The molecule has 0 aromatic carbocycles. The number of rotatable bonds is 3. The van der Waals surface area contributed by atoms with Crippen LogP contribution in [0.2, 0.25) is 0 Å². The Morgan fingerprint density at radius 1 is 1.83 bits per heavy atom. The van der Waals surface area contributed by atoms with Crippen molar-refractivity contribution >= 4 is 17.7 Å². The molecule has 5 nitrogen and oxygen atoms in total. The predicted molar refractivity (Wildman–Crippen MR) is 46.3 cm³/mol. The molecular weight excluding hydrogens is 174 g/mol. The van der Waals surface area contributed by atoms with Crippen LogP contribution in [-0.2, 0) is 0 Å². The fourth-order valence-electron chi connectivity index (χ4n) is 0.559. The van der Waals surface area contributed by atoms with Crippen molar-refractivity contribution in [1.82, 2.24) is 15.2 Å². The SMILES string of the molecule is CC(C#N)CSc1n[nH]c(N)n1. The topological polar surface area (TPSA) is 91.4 Å². The van der Waals surface area contributed by atoms with Gasteiger partial charge in [0.2, 0.25) is 11.1 Å². The molecule has 0 aliphatic carbocycles. The summed E-state index contributed by atoms with van der Waals surface area (Å²) >= 11 is 1.42. The maximum atomic E-state index is 8.48. The predicted octanol–water partition coefficient (Wildman–Crippen LogP) is 0.639. The summed E-state index contributed by atoms with van der Waals surface area (Å²) in [6.45, 7) is 1.85. The van der Waals surface area contributed by atoms with Gasteiger partial charge < -0.3 is 5.73 Å². The molecule has 1 unspecified atom stereocenters. The molecule has 0 spiro atoms. The number of hydrogen-bond acceptors (Lipinski definition) is 5. The molecule has 1 aromatic heterocycles. The fraction of sp³-hybridized carbons (Fsp3) is 0.500. The molecule has 0 saturated heterocycles. The third kappa shape index (κ3) is 2.43. The minimum Gasteiger partial charge on any atom is -0.368 e. The highest BCUT2D eigenvalue weighted by Gasteiger charge is 2.04. The van der Waals surface area contributed by atoms with Crippen LogP contribution in [0.25, 0.3) is 0 Å². The molecule has 0 radical (unpaired) electrons. The number of aromatic amines is 1. The molecular formula is C6H9N5S. The maximum absolute atomic E-state index is 8.48. The zero-order valence-electron chi connectivity index (χ0n) is 6.61. The quantitative estimate of drug-likeness (QED) is 0.671. The highest BCUT2D eigenvalue weighted by Crippen LogP contribution is 2.15. The summed E-state index contributed by atoms with van der Waals surface area (Å²) in [6.07, 6.45) is 0. The van der Waals surface area contributed by atoms with E-state index in [9.17, 15) is 0 Å². The second kappa shape index (κ2) is 3.97. The van der Waals surface area contributed by atoms with Crippen molar-refractivity contribution in [2.45, 2.75) is 12.1 Å². The van der Waals surface area contributed by atoms with Crippen LogP contribution in [0, 0.1) is 17.2 Å². The highest BCUT2D eigenvalue weighted by atomic mass is 32.2. The molecule has 0 saturated carbocycles. The molecule has 1 heterocycles. The monoisotopic (exact) mass is 183 g/mol. The minimum absolute atomic E-state index is 0.00900. The van der Waals surface area contributed by atoms with Crippen molar-refractivity contribution in [3.63, 3.8) is 0 Å². The van der Waals surface area contributed by atoms with Gasteiger partial charge in [-0.25, -0.2) is 5.10 Å². The van der Waals surface area contributed by atoms with Crippen molar-refractivity contribution in [2.75, 3.05) is 11.5 Å². The molecule has 1 aromatic rings. The first-order chi connectivity index (χ1) is 5.72. The number of nitrogens with one attached hydrogen (secondary N) is 1. The summed E-state index contributed by atoms with van der Waals surface area (Å²) in [5.74, 6) is 1.00. The highest BCUT2D eigenvalue weighted by molar-refractivity contribution is 7.99. The van der Waals surface area contributed by atoms with Crippen molar-refractivity contribution in [1.29, 1.82) is 5.26 Å². The van der Waals surface area contributed by atoms with E-state index in [2.05, 4.69) is 21.3 Å². The van der Waals surface area contributed by atoms with Gasteiger partial charge in [-0.3, -0.25) is 0 Å². The first-order valence-electron chi connectivity index (χ1n) is 3.42. The van der Waals surface area contributed by atoms with Gasteiger partial charge in [-0.05, 0) is 6.92 Å². The van der Waals surface area contributed by atoms with Gasteiger partial charge >= 0.3 is 0 Å². The lowest BCUT2D eigenvalue weighted by Crippen LogP contribution is -1.93. The lowest BCUT2D eigenvalue weighted by atomic mass is 10.3. The summed E-state index contributed by atoms with van der Waals surface area (Å²) < 4.78 is 0. The molecule has 64 valence electrons. The number of anilines is 1. The zero-order chi connectivity index (χ0) is 8.97. The first-order valence-corrected chi connectivity index (χ1v) is 4.41. The lowest BCUT2D eigenvalue weighted by molar-refractivity contribution is 0.857. The van der Waals surface area contributed by atoms with Gasteiger partial charge in [-0.2, -0.15) is 10.2 Å². The van der Waals surface area contributed by atoms with Gasteiger partial charge in [-0.1, -0.05) is 11.8 Å². The van der Waals surface area contributed by atoms with E-state index in [1.807, 2.05) is 6.92 Å². The Kier molecular flexibility index (Phi) is 2.94. The summed E-state index contributed by atoms with van der Waals surface area (Å²) in [7, 11) is 0. The second-order valence-electron chi connectivity index (χ2n) is 2.34. The van der Waals surface area contributed by atoms with Crippen LogP contribution in [0.15, 0.2) is 5.16 Å². The third-order valence-electron chi connectivity index (χ3n) is 1.17. The van der Waals surface area contributed by atoms with Crippen molar-refractivity contribution in [3.8, 4) is 6.07 Å². The Labute approximate surface area is 74.4 Å². The van der Waals surface area contributed by atoms with E-state index in [4.69, 9.17) is 11.0 Å². The van der Waals surface area contributed by atoms with Crippen LogP contribution >= 0.6 is 11.8 Å². The van der Waals surface area contributed by atoms with Crippen LogP contribution in [0.3, 0.4) is 0 Å². The molecule has 0 bridgehead atoms. The number of aromatic nitrogens is 3. The Balaban J connectivity index is 2.39. The first kappa shape index (κ1) is 8.87. The van der Waals surface area contributed by atoms with Crippen LogP contribution in [0.1, 0.15) is 6.92 Å². The summed E-state index contributed by atoms with van der Waals surface area (Å²) in [6, 6.07) is 2.12. The number of nitrogen functional groups attached to an aromatic ring is 1. The second-order valence-corrected chi connectivity index (χ2v) is 3.33. The van der Waals surface area contributed by atoms with Gasteiger partial charge in [0.15, 0.2) is 0 Å². The largest absolute Gasteiger partial charge is 0.368 e. The lowest BCUT2D eigenvalue weighted by Gasteiger charge is -1.96. The number of nitriles is 1. The summed E-state index contributed by atoms with van der Waals surface area (Å²) in [4.78, 5) is 3.88. The van der Waals surface area contributed by atoms with E-state index < -0.39 is 0 Å². The Morgan fingerprint density at radius 3 is 3.08 bits per heavy atom. The minimum atomic E-state index is 0.00900. The van der Waals surface area contributed by atoms with Crippen LogP contribution in [0.4, 0.5) is 5.95 Å². The van der Waals surface area contributed by atoms with Crippen molar-refractivity contribution in [3.05, 3.63) is 0 Å². The number of hydrogen-bond donors (Lipinski definition) is 2. The summed E-state index contributed by atoms with van der Waals surface area (Å²) in [5, 5.41) is 15.4. The Bertz CT molecular complexity index is 288. The summed E-state index contributed by atoms with van der Waals surface area (Å²) in [5.41, 5.74) is 5.31. The van der Waals surface area contributed by atoms with Crippen LogP contribution in [-0.4, -0.2) is 20.9 Å². The Hall–Kier alpha value is -1.22. The molecule has 0 aliphatic rings. The Morgan fingerprint density at radius 2 is 2.58 bits per heavy atom. The smallest absolute Gasteiger partial charge is 0.216 e. The normalized spacial score (nSPS) is 12.3. The average Bonchev–Trinajstić information content (AvgIpc) is 2.47. The van der Waals surface area contributed by atoms with Gasteiger partial charge in [0, 0.05) is 5.75 Å². The van der Waals surface area contributed by atoms with Gasteiger partial charge in [0.05, 0.1) is 12.0 Å². The molecule has 6 heteroatoms. The third-order valence-corrected chi connectivity index (χ3v) is 2.27. The average molecular weight is 183 g/mol. The number of H-pyrrole nitrogens is 1. The van der Waals surface area contributed by atoms with Gasteiger partial charge in [-0.15, -0.1) is 5.10 Å². The van der Waals surface area contributed by atoms with E-state index in [1.54, 1.807) is 0 Å². The number of nitrogens with zero attached hydrogens (tertiary/aromatic N) is 3. The van der Waals surface area contributed by atoms with Crippen molar-refractivity contribution < 1.29 is 0 Å². The van der Waals surface area contributed by atoms with Crippen LogP contribution in [0.5, 0.6) is 0 Å². The molecule has 3 N–H and O–H groups in total. The van der Waals surface area contributed by atoms with Crippen LogP contribution < -0.4 is 5.73 Å². The molecule has 1 rings (SSSR count). The molecule has 0 amide bonds. The van der Waals surface area contributed by atoms with E-state index in [0.29, 0.717) is 16.9 Å². The number of thioether (sulfide) groups is 1. The number of nitrogens with two attached hydrogens (primary N) is 1. The van der Waals surface area contributed by atoms with Gasteiger partial charge in [0.25, 0.3) is 0 Å². The maximum Gasteiger partial charge on any atom is 0.216 e. The standard InChI is InChI=1S/C6H9N5S/c1-4(2-7)3-12-6-9-5(8)10-11-6/h4H,3H2,1H3,(H3,8,9,10,11). The zero-order valence-corrected chi connectivity index (χ0v) is 7.43. The van der Waals surface area contributed by atoms with Gasteiger partial charge in [0.1, 0.15) is 0 Å². The molecule has 0 fully saturated rings. The molecule has 0 aliphatic heterocycles. The van der Waals surface area contributed by atoms with E-state index in [-0.39, 0.29) is 5.92 Å². The molecule has 1 atom stereocenters. The fourth-order valence-corrected chi connectivity index (χ4v) is 1.31. The molecule has 12 heavy (non-hydrogen) atoms. The van der Waals surface area contributed by atoms with E-state index >= 15 is 0 Å². The van der Waals surface area contributed by atoms with E-state index in [1.165, 1.54) is 11.8 Å². The van der Waals surface area contributed by atoms with Crippen molar-refractivity contribution in [2.24, 2.45) is 5.92 Å².